The average Bonchev–Trinajstić information content (AvgIpc) is 2.53. The van der Waals surface area contributed by atoms with Gasteiger partial charge in [-0.05, 0) is 60.7 Å². The van der Waals surface area contributed by atoms with Crippen molar-refractivity contribution in [3.8, 4) is 0 Å². The van der Waals surface area contributed by atoms with E-state index in [4.69, 9.17) is 0 Å². The van der Waals surface area contributed by atoms with Crippen LogP contribution in [-0.4, -0.2) is 20.9 Å². The third-order valence-electron chi connectivity index (χ3n) is 4.01. The molecule has 0 unspecified atom stereocenters. The van der Waals surface area contributed by atoms with E-state index in [1.54, 1.807) is 12.1 Å². The van der Waals surface area contributed by atoms with Gasteiger partial charge in [0.1, 0.15) is 0 Å². The van der Waals surface area contributed by atoms with Crippen molar-refractivity contribution in [1.82, 2.24) is 4.72 Å². The summed E-state index contributed by atoms with van der Waals surface area (Å²) in [5.74, 6) is 0.113. The molecular formula is C20H26N2O3S. The molecule has 0 radical (unpaired) electrons. The van der Waals surface area contributed by atoms with E-state index in [1.165, 1.54) is 0 Å². The van der Waals surface area contributed by atoms with Crippen LogP contribution in [0.15, 0.2) is 47.4 Å². The van der Waals surface area contributed by atoms with Gasteiger partial charge in [0.15, 0.2) is 0 Å². The number of aryl methyl sites for hydroxylation is 2. The van der Waals surface area contributed by atoms with E-state index >= 15 is 0 Å². The Labute approximate surface area is 155 Å². The minimum absolute atomic E-state index is 0.0465. The molecule has 140 valence electrons. The van der Waals surface area contributed by atoms with Crippen LogP contribution in [0.25, 0.3) is 0 Å². The van der Waals surface area contributed by atoms with Crippen LogP contribution in [0.4, 0.5) is 5.69 Å². The number of sulfonamides is 1. The molecule has 2 rings (SSSR count). The molecule has 0 aliphatic heterocycles. The number of hydrogen-bond donors (Lipinski definition) is 2. The lowest BCUT2D eigenvalue weighted by atomic mass is 10.0. The molecule has 0 aliphatic carbocycles. The molecule has 5 nitrogen and oxygen atoms in total. The SMILES string of the molecule is Cc1cc(C)cc(NC(=O)CCNS(=O)(=O)c2ccc(C(C)C)cc2)c1. The summed E-state index contributed by atoms with van der Waals surface area (Å²) in [4.78, 5) is 12.2. The molecule has 0 atom stereocenters. The second-order valence-electron chi connectivity index (χ2n) is 6.80. The maximum Gasteiger partial charge on any atom is 0.240 e. The molecule has 0 heterocycles. The van der Waals surface area contributed by atoms with Crippen molar-refractivity contribution in [3.63, 3.8) is 0 Å². The smallest absolute Gasteiger partial charge is 0.240 e. The fourth-order valence-electron chi connectivity index (χ4n) is 2.68. The standard InChI is InChI=1S/C20H26N2O3S/c1-14(2)17-5-7-19(8-6-17)26(24,25)21-10-9-20(23)22-18-12-15(3)11-16(4)13-18/h5-8,11-14,21H,9-10H2,1-4H3,(H,22,23). The molecule has 6 heteroatoms. The van der Waals surface area contributed by atoms with Crippen molar-refractivity contribution in [2.24, 2.45) is 0 Å². The number of anilines is 1. The molecule has 2 aromatic rings. The molecule has 0 saturated carbocycles. The Bertz CT molecular complexity index is 852. The fraction of sp³-hybridized carbons (Fsp3) is 0.350. The number of rotatable bonds is 7. The van der Waals surface area contributed by atoms with E-state index < -0.39 is 10.0 Å². The summed E-state index contributed by atoms with van der Waals surface area (Å²) in [5, 5.41) is 2.80. The molecule has 0 fully saturated rings. The second kappa shape index (κ2) is 8.47. The number of carbonyl (C=O) groups excluding carboxylic acids is 1. The van der Waals surface area contributed by atoms with Gasteiger partial charge in [0.05, 0.1) is 4.90 Å². The predicted molar refractivity (Wildman–Crippen MR) is 105 cm³/mol. The zero-order valence-corrected chi connectivity index (χ0v) is 16.5. The summed E-state index contributed by atoms with van der Waals surface area (Å²) in [7, 11) is -3.61. The average molecular weight is 375 g/mol. The van der Waals surface area contributed by atoms with Gasteiger partial charge in [0, 0.05) is 18.7 Å². The topological polar surface area (TPSA) is 75.3 Å². The first-order valence-corrected chi connectivity index (χ1v) is 10.1. The normalized spacial score (nSPS) is 11.6. The number of hydrogen-bond acceptors (Lipinski definition) is 3. The number of amides is 1. The first-order valence-electron chi connectivity index (χ1n) is 8.65. The van der Waals surface area contributed by atoms with Crippen molar-refractivity contribution in [2.75, 3.05) is 11.9 Å². The van der Waals surface area contributed by atoms with E-state index in [1.807, 2.05) is 44.2 Å². The van der Waals surface area contributed by atoms with Gasteiger partial charge in [-0.3, -0.25) is 4.79 Å². The van der Waals surface area contributed by atoms with Gasteiger partial charge in [-0.15, -0.1) is 0 Å². The summed E-state index contributed by atoms with van der Waals surface area (Å²) < 4.78 is 27.1. The van der Waals surface area contributed by atoms with E-state index in [2.05, 4.69) is 23.9 Å². The Kier molecular flexibility index (Phi) is 6.56. The third-order valence-corrected chi connectivity index (χ3v) is 5.48. The van der Waals surface area contributed by atoms with Crippen LogP contribution < -0.4 is 10.0 Å². The highest BCUT2D eigenvalue weighted by Crippen LogP contribution is 2.17. The minimum atomic E-state index is -3.61. The van der Waals surface area contributed by atoms with E-state index in [0.717, 1.165) is 22.4 Å². The summed E-state index contributed by atoms with van der Waals surface area (Å²) in [6.07, 6.45) is 0.0658. The maximum atomic E-state index is 12.3. The molecule has 2 N–H and O–H groups in total. The number of carbonyl (C=O) groups is 1. The quantitative estimate of drug-likeness (QED) is 0.775. The highest BCUT2D eigenvalue weighted by atomic mass is 32.2. The van der Waals surface area contributed by atoms with Gasteiger partial charge in [-0.1, -0.05) is 32.0 Å². The zero-order chi connectivity index (χ0) is 19.3. The highest BCUT2D eigenvalue weighted by molar-refractivity contribution is 7.89. The van der Waals surface area contributed by atoms with Crippen LogP contribution in [0.1, 0.15) is 42.9 Å². The molecule has 0 saturated heterocycles. The zero-order valence-electron chi connectivity index (χ0n) is 15.7. The molecule has 0 aromatic heterocycles. The largest absolute Gasteiger partial charge is 0.326 e. The van der Waals surface area contributed by atoms with Crippen LogP contribution in [0.5, 0.6) is 0 Å². The van der Waals surface area contributed by atoms with Crippen LogP contribution in [0, 0.1) is 13.8 Å². The second-order valence-corrected chi connectivity index (χ2v) is 8.56. The molecular weight excluding hydrogens is 348 g/mol. The Morgan fingerprint density at radius 3 is 2.12 bits per heavy atom. The van der Waals surface area contributed by atoms with Crippen molar-refractivity contribution in [1.29, 1.82) is 0 Å². The lowest BCUT2D eigenvalue weighted by Crippen LogP contribution is -2.27. The van der Waals surface area contributed by atoms with Crippen molar-refractivity contribution in [2.45, 2.75) is 44.9 Å². The Hall–Kier alpha value is -2.18. The van der Waals surface area contributed by atoms with Crippen molar-refractivity contribution >= 4 is 21.6 Å². The summed E-state index contributed by atoms with van der Waals surface area (Å²) >= 11 is 0. The van der Waals surface area contributed by atoms with Gasteiger partial charge in [0.25, 0.3) is 0 Å². The predicted octanol–water partition coefficient (Wildman–Crippen LogP) is 3.73. The summed E-state index contributed by atoms with van der Waals surface area (Å²) in [6.45, 7) is 8.07. The molecule has 2 aromatic carbocycles. The summed E-state index contributed by atoms with van der Waals surface area (Å²) in [6, 6.07) is 12.6. The maximum absolute atomic E-state index is 12.3. The molecule has 0 bridgehead atoms. The monoisotopic (exact) mass is 374 g/mol. The van der Waals surface area contributed by atoms with E-state index in [9.17, 15) is 13.2 Å². The van der Waals surface area contributed by atoms with Gasteiger partial charge in [0.2, 0.25) is 15.9 Å². The lowest BCUT2D eigenvalue weighted by Gasteiger charge is -2.10. The molecule has 26 heavy (non-hydrogen) atoms. The molecule has 1 amide bonds. The van der Waals surface area contributed by atoms with Crippen LogP contribution in [0.2, 0.25) is 0 Å². The first-order chi connectivity index (χ1) is 12.2. The van der Waals surface area contributed by atoms with Gasteiger partial charge in [-0.2, -0.15) is 0 Å². The highest BCUT2D eigenvalue weighted by Gasteiger charge is 2.14. The molecule has 0 spiro atoms. The lowest BCUT2D eigenvalue weighted by molar-refractivity contribution is -0.116. The van der Waals surface area contributed by atoms with Crippen LogP contribution in [-0.2, 0) is 14.8 Å². The van der Waals surface area contributed by atoms with Crippen molar-refractivity contribution < 1.29 is 13.2 Å². The minimum Gasteiger partial charge on any atom is -0.326 e. The summed E-state index contributed by atoms with van der Waals surface area (Å²) in [5.41, 5.74) is 3.92. The van der Waals surface area contributed by atoms with Crippen molar-refractivity contribution in [3.05, 3.63) is 59.2 Å². The van der Waals surface area contributed by atoms with E-state index in [-0.39, 0.29) is 23.8 Å². The van der Waals surface area contributed by atoms with Gasteiger partial charge in [-0.25, -0.2) is 13.1 Å². The van der Waals surface area contributed by atoms with Gasteiger partial charge >= 0.3 is 0 Å². The Morgan fingerprint density at radius 2 is 1.58 bits per heavy atom. The van der Waals surface area contributed by atoms with Crippen LogP contribution in [0.3, 0.4) is 0 Å². The first kappa shape index (κ1) is 20.1. The third kappa shape index (κ3) is 5.68. The Balaban J connectivity index is 1.90. The fourth-order valence-corrected chi connectivity index (χ4v) is 3.72. The number of nitrogens with one attached hydrogen (secondary N) is 2. The number of benzene rings is 2. The molecule has 0 aliphatic rings. The van der Waals surface area contributed by atoms with Gasteiger partial charge < -0.3 is 5.32 Å². The Morgan fingerprint density at radius 1 is 1.00 bits per heavy atom. The van der Waals surface area contributed by atoms with Crippen LogP contribution >= 0.6 is 0 Å². The van der Waals surface area contributed by atoms with E-state index in [0.29, 0.717) is 5.92 Å².